The Hall–Kier alpha value is -2.05. The number of carbonyl (C=O) groups excluding carboxylic acids is 1. The quantitative estimate of drug-likeness (QED) is 0.871. The molecule has 4 nitrogen and oxygen atoms in total. The van der Waals surface area contributed by atoms with Gasteiger partial charge in [-0.1, -0.05) is 0 Å². The number of fused-ring (bicyclic) bond motifs is 1. The molecular weight excluding hydrogens is 235 g/mol. The minimum Gasteiger partial charge on any atom is -0.343 e. The average Bonchev–Trinajstić information content (AvgIpc) is 2.71. The lowest BCUT2D eigenvalue weighted by molar-refractivity contribution is -0.123. The first-order chi connectivity index (χ1) is 7.96. The number of imidazole rings is 1. The summed E-state index contributed by atoms with van der Waals surface area (Å²) in [5.74, 6) is -0.771. The van der Waals surface area contributed by atoms with Crippen molar-refractivity contribution >= 4 is 11.6 Å². The van der Waals surface area contributed by atoms with Crippen molar-refractivity contribution in [2.75, 3.05) is 6.54 Å². The number of alkyl halides is 3. The molecule has 2 aromatic rings. The zero-order chi connectivity index (χ0) is 12.5. The Kier molecular flexibility index (Phi) is 2.74. The topological polar surface area (TPSA) is 46.4 Å². The van der Waals surface area contributed by atoms with Gasteiger partial charge in [0.1, 0.15) is 12.2 Å². The normalized spacial score (nSPS) is 11.7. The van der Waals surface area contributed by atoms with E-state index in [9.17, 15) is 18.0 Å². The molecule has 1 N–H and O–H groups in total. The maximum atomic E-state index is 11.9. The molecule has 0 aliphatic rings. The van der Waals surface area contributed by atoms with Gasteiger partial charge in [-0.2, -0.15) is 13.2 Å². The summed E-state index contributed by atoms with van der Waals surface area (Å²) in [6.45, 7) is -1.34. The number of hydrogen-bond donors (Lipinski definition) is 1. The van der Waals surface area contributed by atoms with Gasteiger partial charge >= 0.3 is 6.18 Å². The average molecular weight is 243 g/mol. The van der Waals surface area contributed by atoms with Crippen LogP contribution in [0.5, 0.6) is 0 Å². The van der Waals surface area contributed by atoms with Crippen molar-refractivity contribution in [3.05, 3.63) is 36.3 Å². The molecule has 2 rings (SSSR count). The van der Waals surface area contributed by atoms with Crippen LogP contribution in [0.15, 0.2) is 30.7 Å². The summed E-state index contributed by atoms with van der Waals surface area (Å²) in [5, 5.41) is 1.79. The van der Waals surface area contributed by atoms with Crippen LogP contribution in [0, 0.1) is 0 Å². The Morgan fingerprint density at radius 2 is 2.18 bits per heavy atom. The van der Waals surface area contributed by atoms with Gasteiger partial charge in [-0.25, -0.2) is 4.98 Å². The molecule has 7 heteroatoms. The van der Waals surface area contributed by atoms with Crippen LogP contribution in [0.4, 0.5) is 13.2 Å². The van der Waals surface area contributed by atoms with Crippen molar-refractivity contribution in [3.8, 4) is 0 Å². The Labute approximate surface area is 94.1 Å². The molecule has 0 spiro atoms. The van der Waals surface area contributed by atoms with Gasteiger partial charge in [0, 0.05) is 24.2 Å². The van der Waals surface area contributed by atoms with E-state index in [4.69, 9.17) is 0 Å². The highest BCUT2D eigenvalue weighted by molar-refractivity contribution is 5.95. The van der Waals surface area contributed by atoms with Crippen LogP contribution in [0.25, 0.3) is 5.65 Å². The van der Waals surface area contributed by atoms with E-state index in [0.717, 1.165) is 0 Å². The number of pyridine rings is 1. The van der Waals surface area contributed by atoms with Gasteiger partial charge in [-0.05, 0) is 12.1 Å². The van der Waals surface area contributed by atoms with Gasteiger partial charge in [0.15, 0.2) is 0 Å². The van der Waals surface area contributed by atoms with E-state index in [1.165, 1.54) is 18.3 Å². The van der Waals surface area contributed by atoms with Crippen molar-refractivity contribution in [1.82, 2.24) is 14.7 Å². The van der Waals surface area contributed by atoms with Crippen LogP contribution >= 0.6 is 0 Å². The predicted octanol–water partition coefficient (Wildman–Crippen LogP) is 1.63. The summed E-state index contributed by atoms with van der Waals surface area (Å²) < 4.78 is 37.4. The third kappa shape index (κ3) is 2.74. The minimum absolute atomic E-state index is 0.146. The molecule has 1 amide bonds. The number of nitrogens with one attached hydrogen (secondary N) is 1. The number of amides is 1. The summed E-state index contributed by atoms with van der Waals surface area (Å²) in [4.78, 5) is 15.3. The first-order valence-corrected chi connectivity index (χ1v) is 4.73. The summed E-state index contributed by atoms with van der Waals surface area (Å²) in [6, 6.07) is 2.85. The van der Waals surface area contributed by atoms with Crippen molar-refractivity contribution < 1.29 is 18.0 Å². The van der Waals surface area contributed by atoms with Gasteiger partial charge in [-0.3, -0.25) is 4.79 Å². The molecule has 0 atom stereocenters. The van der Waals surface area contributed by atoms with Crippen molar-refractivity contribution in [2.24, 2.45) is 0 Å². The largest absolute Gasteiger partial charge is 0.405 e. The molecule has 0 aliphatic heterocycles. The summed E-state index contributed by atoms with van der Waals surface area (Å²) >= 11 is 0. The lowest BCUT2D eigenvalue weighted by Crippen LogP contribution is -2.33. The fraction of sp³-hybridized carbons (Fsp3) is 0.200. The van der Waals surface area contributed by atoms with E-state index in [0.29, 0.717) is 5.65 Å². The van der Waals surface area contributed by atoms with E-state index < -0.39 is 18.6 Å². The highest BCUT2D eigenvalue weighted by Gasteiger charge is 2.27. The molecule has 0 aliphatic carbocycles. The molecule has 0 saturated carbocycles. The second-order valence-corrected chi connectivity index (χ2v) is 3.41. The Balaban J connectivity index is 2.13. The molecular formula is C10H8F3N3O. The lowest BCUT2D eigenvalue weighted by Gasteiger charge is -2.08. The first kappa shape index (κ1) is 11.4. The summed E-state index contributed by atoms with van der Waals surface area (Å²) in [6.07, 6.45) is 0.358. The van der Waals surface area contributed by atoms with Crippen LogP contribution in [-0.4, -0.2) is 28.0 Å². The molecule has 0 radical (unpaired) electrons. The zero-order valence-electron chi connectivity index (χ0n) is 8.53. The monoisotopic (exact) mass is 243 g/mol. The SMILES string of the molecule is O=C(NCC(F)(F)F)c1ccn2ccnc2c1. The van der Waals surface area contributed by atoms with Crippen LogP contribution in [0.2, 0.25) is 0 Å². The van der Waals surface area contributed by atoms with Crippen LogP contribution in [0.3, 0.4) is 0 Å². The van der Waals surface area contributed by atoms with Gasteiger partial charge in [-0.15, -0.1) is 0 Å². The molecule has 17 heavy (non-hydrogen) atoms. The van der Waals surface area contributed by atoms with Crippen molar-refractivity contribution in [2.45, 2.75) is 6.18 Å². The Morgan fingerprint density at radius 1 is 1.41 bits per heavy atom. The molecule has 90 valence electrons. The molecule has 0 aromatic carbocycles. The highest BCUT2D eigenvalue weighted by Crippen LogP contribution is 2.13. The van der Waals surface area contributed by atoms with E-state index in [-0.39, 0.29) is 5.56 Å². The number of nitrogens with zero attached hydrogens (tertiary/aromatic N) is 2. The van der Waals surface area contributed by atoms with Gasteiger partial charge < -0.3 is 9.72 Å². The Morgan fingerprint density at radius 3 is 2.88 bits per heavy atom. The predicted molar refractivity (Wildman–Crippen MR) is 53.6 cm³/mol. The number of carbonyl (C=O) groups is 1. The maximum absolute atomic E-state index is 11.9. The molecule has 0 saturated heterocycles. The number of rotatable bonds is 2. The first-order valence-electron chi connectivity index (χ1n) is 4.73. The number of hydrogen-bond acceptors (Lipinski definition) is 2. The molecule has 2 heterocycles. The van der Waals surface area contributed by atoms with Gasteiger partial charge in [0.2, 0.25) is 0 Å². The zero-order valence-corrected chi connectivity index (χ0v) is 8.53. The summed E-state index contributed by atoms with van der Waals surface area (Å²) in [5.41, 5.74) is 0.651. The molecule has 0 fully saturated rings. The second-order valence-electron chi connectivity index (χ2n) is 3.41. The van der Waals surface area contributed by atoms with Crippen LogP contribution < -0.4 is 5.32 Å². The fourth-order valence-electron chi connectivity index (χ4n) is 1.33. The molecule has 0 unspecified atom stereocenters. The maximum Gasteiger partial charge on any atom is 0.405 e. The molecule has 2 aromatic heterocycles. The third-order valence-electron chi connectivity index (χ3n) is 2.11. The fourth-order valence-corrected chi connectivity index (χ4v) is 1.33. The van der Waals surface area contributed by atoms with E-state index in [2.05, 4.69) is 4.98 Å². The van der Waals surface area contributed by atoms with Crippen LogP contribution in [-0.2, 0) is 0 Å². The lowest BCUT2D eigenvalue weighted by atomic mass is 10.2. The molecule has 0 bridgehead atoms. The minimum atomic E-state index is -4.41. The number of aromatic nitrogens is 2. The van der Waals surface area contributed by atoms with E-state index in [1.54, 1.807) is 22.1 Å². The smallest absolute Gasteiger partial charge is 0.343 e. The van der Waals surface area contributed by atoms with E-state index >= 15 is 0 Å². The Bertz CT molecular complexity index is 547. The second kappa shape index (κ2) is 4.08. The van der Waals surface area contributed by atoms with Crippen molar-refractivity contribution in [1.29, 1.82) is 0 Å². The van der Waals surface area contributed by atoms with Crippen molar-refractivity contribution in [3.63, 3.8) is 0 Å². The van der Waals surface area contributed by atoms with Gasteiger partial charge in [0.25, 0.3) is 5.91 Å². The summed E-state index contributed by atoms with van der Waals surface area (Å²) in [7, 11) is 0. The van der Waals surface area contributed by atoms with Gasteiger partial charge in [0.05, 0.1) is 0 Å². The van der Waals surface area contributed by atoms with Crippen LogP contribution in [0.1, 0.15) is 10.4 Å². The third-order valence-corrected chi connectivity index (χ3v) is 2.11. The van der Waals surface area contributed by atoms with E-state index in [1.807, 2.05) is 0 Å². The number of halogens is 3. The highest BCUT2D eigenvalue weighted by atomic mass is 19.4. The standard InChI is InChI=1S/C10H8F3N3O/c11-10(12,13)6-15-9(17)7-1-3-16-4-2-14-8(16)5-7/h1-5H,6H2,(H,15,17).